The van der Waals surface area contributed by atoms with E-state index in [1.807, 2.05) is 0 Å². The van der Waals surface area contributed by atoms with Crippen molar-refractivity contribution in [2.75, 3.05) is 26.6 Å². The molecule has 0 bridgehead atoms. The molecule has 0 saturated carbocycles. The summed E-state index contributed by atoms with van der Waals surface area (Å²) >= 11 is 0. The van der Waals surface area contributed by atoms with Crippen LogP contribution in [0.15, 0.2) is 24.3 Å². The molecule has 19 heavy (non-hydrogen) atoms. The van der Waals surface area contributed by atoms with Crippen LogP contribution in [0.25, 0.3) is 0 Å². The standard InChI is InChI=1S/C13H18O5S/c1-10(19(15,16)9-8-17-2)13(14)11-4-6-12(18-3)7-5-11/h4-7,10H,8-9H2,1-3H3. The fourth-order valence-corrected chi connectivity index (χ4v) is 2.74. The van der Waals surface area contributed by atoms with Gasteiger partial charge in [-0.1, -0.05) is 0 Å². The molecule has 106 valence electrons. The van der Waals surface area contributed by atoms with Gasteiger partial charge in [0.2, 0.25) is 0 Å². The molecule has 0 aromatic heterocycles. The topological polar surface area (TPSA) is 69.7 Å². The number of carbonyl (C=O) groups is 1. The molecule has 1 aromatic rings. The summed E-state index contributed by atoms with van der Waals surface area (Å²) in [5.41, 5.74) is 0.356. The lowest BCUT2D eigenvalue weighted by atomic mass is 10.1. The largest absolute Gasteiger partial charge is 0.497 e. The number of hydrogen-bond acceptors (Lipinski definition) is 5. The normalized spacial score (nSPS) is 13.0. The Labute approximate surface area is 113 Å². The Morgan fingerprint density at radius 3 is 2.26 bits per heavy atom. The summed E-state index contributed by atoms with van der Waals surface area (Å²) in [6, 6.07) is 6.37. The number of hydrogen-bond donors (Lipinski definition) is 0. The molecule has 0 spiro atoms. The Kier molecular flexibility index (Phi) is 5.50. The number of rotatable bonds is 7. The van der Waals surface area contributed by atoms with Gasteiger partial charge in [-0.05, 0) is 31.2 Å². The maximum absolute atomic E-state index is 12.1. The lowest BCUT2D eigenvalue weighted by molar-refractivity contribution is 0.0991. The molecule has 5 nitrogen and oxygen atoms in total. The van der Waals surface area contributed by atoms with Crippen LogP contribution in [0.5, 0.6) is 5.75 Å². The molecule has 0 amide bonds. The summed E-state index contributed by atoms with van der Waals surface area (Å²) in [4.78, 5) is 12.1. The molecule has 1 unspecified atom stereocenters. The maximum atomic E-state index is 12.1. The van der Waals surface area contributed by atoms with Gasteiger partial charge in [-0.15, -0.1) is 0 Å². The molecule has 0 aliphatic rings. The molecule has 0 fully saturated rings. The first-order valence-corrected chi connectivity index (χ1v) is 7.52. The van der Waals surface area contributed by atoms with Gasteiger partial charge in [0.05, 0.1) is 19.5 Å². The van der Waals surface area contributed by atoms with E-state index >= 15 is 0 Å². The van der Waals surface area contributed by atoms with E-state index in [0.717, 1.165) is 0 Å². The highest BCUT2D eigenvalue weighted by molar-refractivity contribution is 7.92. The van der Waals surface area contributed by atoms with Crippen LogP contribution in [0.1, 0.15) is 17.3 Å². The quantitative estimate of drug-likeness (QED) is 0.707. The number of Topliss-reactive ketones (excluding diaryl/α,β-unsaturated/α-hetero) is 1. The summed E-state index contributed by atoms with van der Waals surface area (Å²) < 4.78 is 33.5. The third kappa shape index (κ3) is 4.04. The second kappa shape index (κ2) is 6.68. The highest BCUT2D eigenvalue weighted by Crippen LogP contribution is 2.15. The molecule has 1 rings (SSSR count). The fourth-order valence-electron chi connectivity index (χ4n) is 1.53. The van der Waals surface area contributed by atoms with Gasteiger partial charge in [0.1, 0.15) is 11.0 Å². The van der Waals surface area contributed by atoms with Crippen LogP contribution in [0, 0.1) is 0 Å². The first-order valence-electron chi connectivity index (χ1n) is 5.81. The van der Waals surface area contributed by atoms with Crippen LogP contribution in [-0.4, -0.2) is 46.0 Å². The molecule has 0 aliphatic heterocycles. The number of ketones is 1. The molecule has 6 heteroatoms. The van der Waals surface area contributed by atoms with Crippen LogP contribution < -0.4 is 4.74 Å². The number of methoxy groups -OCH3 is 2. The van der Waals surface area contributed by atoms with Crippen molar-refractivity contribution in [3.8, 4) is 5.75 Å². The van der Waals surface area contributed by atoms with E-state index in [2.05, 4.69) is 0 Å². The van der Waals surface area contributed by atoms with Crippen LogP contribution in [0.4, 0.5) is 0 Å². The van der Waals surface area contributed by atoms with Gasteiger partial charge in [-0.2, -0.15) is 0 Å². The maximum Gasteiger partial charge on any atom is 0.180 e. The third-order valence-corrected chi connectivity index (χ3v) is 4.88. The zero-order valence-electron chi connectivity index (χ0n) is 11.3. The summed E-state index contributed by atoms with van der Waals surface area (Å²) in [5, 5.41) is -1.07. The highest BCUT2D eigenvalue weighted by atomic mass is 32.2. The summed E-state index contributed by atoms with van der Waals surface area (Å²) in [6.07, 6.45) is 0. The lowest BCUT2D eigenvalue weighted by Crippen LogP contribution is -2.30. The Bertz CT molecular complexity index is 518. The van der Waals surface area contributed by atoms with Crippen molar-refractivity contribution in [2.24, 2.45) is 0 Å². The molecule has 0 heterocycles. The van der Waals surface area contributed by atoms with E-state index in [1.165, 1.54) is 21.1 Å². The smallest absolute Gasteiger partial charge is 0.180 e. The van der Waals surface area contributed by atoms with Gasteiger partial charge in [-0.25, -0.2) is 8.42 Å². The molecule has 0 aliphatic carbocycles. The molecule has 1 aromatic carbocycles. The van der Waals surface area contributed by atoms with Gasteiger partial charge in [0.15, 0.2) is 15.6 Å². The van der Waals surface area contributed by atoms with Crippen molar-refractivity contribution in [2.45, 2.75) is 12.2 Å². The van der Waals surface area contributed by atoms with Gasteiger partial charge in [0.25, 0.3) is 0 Å². The van der Waals surface area contributed by atoms with Crippen molar-refractivity contribution in [3.05, 3.63) is 29.8 Å². The molecule has 0 saturated heterocycles. The van der Waals surface area contributed by atoms with Crippen LogP contribution in [0.3, 0.4) is 0 Å². The first kappa shape index (κ1) is 15.7. The second-order valence-electron chi connectivity index (χ2n) is 4.09. The number of sulfone groups is 1. The van der Waals surface area contributed by atoms with Crippen LogP contribution >= 0.6 is 0 Å². The molecular formula is C13H18O5S. The van der Waals surface area contributed by atoms with E-state index in [1.54, 1.807) is 24.3 Å². The fraction of sp³-hybridized carbons (Fsp3) is 0.462. The third-order valence-electron chi connectivity index (χ3n) is 2.85. The van der Waals surface area contributed by atoms with Crippen molar-refractivity contribution in [3.63, 3.8) is 0 Å². The van der Waals surface area contributed by atoms with Gasteiger partial charge < -0.3 is 9.47 Å². The molecular weight excluding hydrogens is 268 g/mol. The lowest BCUT2D eigenvalue weighted by Gasteiger charge is -2.12. The second-order valence-corrected chi connectivity index (χ2v) is 6.54. The van der Waals surface area contributed by atoms with Crippen molar-refractivity contribution < 1.29 is 22.7 Å². The minimum atomic E-state index is -3.49. The van der Waals surface area contributed by atoms with Gasteiger partial charge >= 0.3 is 0 Å². The number of carbonyl (C=O) groups excluding carboxylic acids is 1. The van der Waals surface area contributed by atoms with Crippen LogP contribution in [0.2, 0.25) is 0 Å². The summed E-state index contributed by atoms with van der Waals surface area (Å²) in [6.45, 7) is 1.49. The van der Waals surface area contributed by atoms with E-state index < -0.39 is 20.9 Å². The predicted molar refractivity (Wildman–Crippen MR) is 72.4 cm³/mol. The number of ether oxygens (including phenoxy) is 2. The number of benzene rings is 1. The Morgan fingerprint density at radius 2 is 1.79 bits per heavy atom. The van der Waals surface area contributed by atoms with Crippen molar-refractivity contribution in [1.82, 2.24) is 0 Å². The molecule has 1 atom stereocenters. The SMILES string of the molecule is COCCS(=O)(=O)C(C)C(=O)c1ccc(OC)cc1. The van der Waals surface area contributed by atoms with Crippen LogP contribution in [-0.2, 0) is 14.6 Å². The van der Waals surface area contributed by atoms with E-state index in [9.17, 15) is 13.2 Å². The summed E-state index contributed by atoms with van der Waals surface area (Å²) in [5.74, 6) is 0.0391. The predicted octanol–water partition coefficient (Wildman–Crippen LogP) is 1.33. The highest BCUT2D eigenvalue weighted by Gasteiger charge is 2.28. The van der Waals surface area contributed by atoms with E-state index in [-0.39, 0.29) is 12.4 Å². The zero-order chi connectivity index (χ0) is 14.5. The van der Waals surface area contributed by atoms with Gasteiger partial charge in [-0.3, -0.25) is 4.79 Å². The Hall–Kier alpha value is -1.40. The minimum Gasteiger partial charge on any atom is -0.497 e. The summed E-state index contributed by atoms with van der Waals surface area (Å²) in [7, 11) is -0.547. The van der Waals surface area contributed by atoms with Crippen molar-refractivity contribution >= 4 is 15.6 Å². The minimum absolute atomic E-state index is 0.0859. The average molecular weight is 286 g/mol. The monoisotopic (exact) mass is 286 g/mol. The van der Waals surface area contributed by atoms with Gasteiger partial charge in [0, 0.05) is 12.7 Å². The van der Waals surface area contributed by atoms with E-state index in [0.29, 0.717) is 11.3 Å². The van der Waals surface area contributed by atoms with Crippen molar-refractivity contribution in [1.29, 1.82) is 0 Å². The molecule has 0 radical (unpaired) electrons. The van der Waals surface area contributed by atoms with E-state index in [4.69, 9.17) is 9.47 Å². The average Bonchev–Trinajstić information content (AvgIpc) is 2.43. The Morgan fingerprint density at radius 1 is 1.21 bits per heavy atom. The Balaban J connectivity index is 2.86. The zero-order valence-corrected chi connectivity index (χ0v) is 12.1. The molecule has 0 N–H and O–H groups in total. The first-order chi connectivity index (χ1) is 8.92.